The normalized spacial score (nSPS) is 18.0. The van der Waals surface area contributed by atoms with E-state index in [2.05, 4.69) is 5.43 Å². The van der Waals surface area contributed by atoms with Crippen LogP contribution in [-0.2, 0) is 0 Å². The van der Waals surface area contributed by atoms with Crippen molar-refractivity contribution in [1.29, 1.82) is 0 Å². The molecule has 0 radical (unpaired) electrons. The van der Waals surface area contributed by atoms with Crippen molar-refractivity contribution in [2.75, 3.05) is 13.2 Å². The van der Waals surface area contributed by atoms with Crippen LogP contribution in [0.2, 0.25) is 0 Å². The fourth-order valence-electron chi connectivity index (χ4n) is 0.289. The van der Waals surface area contributed by atoms with E-state index in [1.165, 1.54) is 0 Å². The van der Waals surface area contributed by atoms with Gasteiger partial charge in [0.1, 0.15) is 0 Å². The molecule has 8 heavy (non-hydrogen) atoms. The Balaban J connectivity index is 3.37. The number of hydrogen-bond acceptors (Lipinski definition) is 4. The largest absolute Gasteiger partial charge is 0.394 e. The maximum absolute atomic E-state index is 8.50. The van der Waals surface area contributed by atoms with Crippen molar-refractivity contribution >= 4 is 0 Å². The summed E-state index contributed by atoms with van der Waals surface area (Å²) in [6.45, 7) is 2.08. The van der Waals surface area contributed by atoms with E-state index in [4.69, 9.17) is 16.7 Å². The first-order valence-electron chi connectivity index (χ1n) is 2.45. The summed E-state index contributed by atoms with van der Waals surface area (Å²) in [6, 6.07) is 0. The van der Waals surface area contributed by atoms with Gasteiger partial charge >= 0.3 is 0 Å². The first kappa shape index (κ1) is 7.84. The predicted octanol–water partition coefficient (Wildman–Crippen LogP) is -1.84. The average Bonchev–Trinajstić information content (AvgIpc) is 1.67. The summed E-state index contributed by atoms with van der Waals surface area (Å²) in [5.74, 6) is 4.95. The summed E-state index contributed by atoms with van der Waals surface area (Å²) in [6.07, 6.45) is 0. The lowest BCUT2D eigenvalue weighted by Crippen LogP contribution is -2.50. The van der Waals surface area contributed by atoms with Crippen LogP contribution in [0.1, 0.15) is 6.92 Å². The fraction of sp³-hybridized carbons (Fsp3) is 1.00. The molecule has 6 N–H and O–H groups in total. The molecule has 0 aromatic heterocycles. The molecular weight excluding hydrogens is 106 g/mol. The number of aliphatic hydroxyl groups is 1. The molecule has 0 aromatic carbocycles. The second kappa shape index (κ2) is 2.99. The molecule has 0 bridgehead atoms. The lowest BCUT2D eigenvalue weighted by atomic mass is 10.1. The molecule has 0 aliphatic carbocycles. The van der Waals surface area contributed by atoms with Crippen molar-refractivity contribution < 1.29 is 5.11 Å². The van der Waals surface area contributed by atoms with Crippen LogP contribution in [-0.4, -0.2) is 23.8 Å². The third kappa shape index (κ3) is 2.92. The highest BCUT2D eigenvalue weighted by Gasteiger charge is 2.14. The van der Waals surface area contributed by atoms with E-state index < -0.39 is 5.54 Å². The van der Waals surface area contributed by atoms with Gasteiger partial charge in [0, 0.05) is 6.54 Å². The van der Waals surface area contributed by atoms with E-state index in [1.54, 1.807) is 6.92 Å². The zero-order valence-electron chi connectivity index (χ0n) is 5.02. The summed E-state index contributed by atoms with van der Waals surface area (Å²) in [5.41, 5.74) is 7.22. The Labute approximate surface area is 48.8 Å². The maximum atomic E-state index is 8.50. The second-order valence-electron chi connectivity index (χ2n) is 2.19. The van der Waals surface area contributed by atoms with Crippen molar-refractivity contribution in [2.45, 2.75) is 12.5 Å². The molecule has 0 aliphatic heterocycles. The molecule has 0 spiro atoms. The molecule has 1 unspecified atom stereocenters. The summed E-state index contributed by atoms with van der Waals surface area (Å²) in [4.78, 5) is 0. The molecule has 50 valence electrons. The fourth-order valence-corrected chi connectivity index (χ4v) is 0.289. The van der Waals surface area contributed by atoms with Crippen LogP contribution in [0, 0.1) is 0 Å². The molecule has 4 heteroatoms. The molecule has 0 saturated heterocycles. The molecule has 4 nitrogen and oxygen atoms in total. The molecule has 0 saturated carbocycles. The van der Waals surface area contributed by atoms with Crippen LogP contribution in [0.4, 0.5) is 0 Å². The standard InChI is InChI=1S/C4H13N3O/c1-4(5,3-8)2-7-6/h7-8H,2-3,5-6H2,1H3. The molecule has 1 atom stereocenters. The lowest BCUT2D eigenvalue weighted by Gasteiger charge is -2.19. The van der Waals surface area contributed by atoms with Gasteiger partial charge in [-0.15, -0.1) is 0 Å². The summed E-state index contributed by atoms with van der Waals surface area (Å²) >= 11 is 0. The number of aliphatic hydroxyl groups excluding tert-OH is 1. The van der Waals surface area contributed by atoms with Gasteiger partial charge in [0.2, 0.25) is 0 Å². The van der Waals surface area contributed by atoms with Crippen LogP contribution < -0.4 is 17.0 Å². The summed E-state index contributed by atoms with van der Waals surface area (Å²) in [7, 11) is 0. The zero-order chi connectivity index (χ0) is 6.62. The second-order valence-corrected chi connectivity index (χ2v) is 2.19. The Morgan fingerprint density at radius 1 is 1.75 bits per heavy atom. The van der Waals surface area contributed by atoms with Gasteiger partial charge in [0.25, 0.3) is 0 Å². The minimum Gasteiger partial charge on any atom is -0.394 e. The minimum absolute atomic E-state index is 0.0583. The Hall–Kier alpha value is -0.160. The first-order valence-corrected chi connectivity index (χ1v) is 2.45. The van der Waals surface area contributed by atoms with E-state index in [9.17, 15) is 0 Å². The smallest absolute Gasteiger partial charge is 0.0621 e. The minimum atomic E-state index is -0.589. The Bertz CT molecular complexity index is 64.3. The zero-order valence-corrected chi connectivity index (χ0v) is 5.02. The van der Waals surface area contributed by atoms with E-state index in [0.717, 1.165) is 0 Å². The SMILES string of the molecule is CC(N)(CO)CNN. The molecule has 0 heterocycles. The molecule has 0 aliphatic rings. The van der Waals surface area contributed by atoms with Crippen LogP contribution in [0.25, 0.3) is 0 Å². The first-order chi connectivity index (χ1) is 3.62. The van der Waals surface area contributed by atoms with Crippen molar-refractivity contribution in [1.82, 2.24) is 5.43 Å². The quantitative estimate of drug-likeness (QED) is 0.260. The predicted molar refractivity (Wildman–Crippen MR) is 31.9 cm³/mol. The van der Waals surface area contributed by atoms with Crippen LogP contribution in [0.5, 0.6) is 0 Å². The van der Waals surface area contributed by atoms with Crippen LogP contribution in [0.15, 0.2) is 0 Å². The van der Waals surface area contributed by atoms with Gasteiger partial charge in [-0.25, -0.2) is 0 Å². The molecule has 0 aromatic rings. The lowest BCUT2D eigenvalue weighted by molar-refractivity contribution is 0.205. The van der Waals surface area contributed by atoms with E-state index in [1.807, 2.05) is 0 Å². The van der Waals surface area contributed by atoms with Gasteiger partial charge in [-0.3, -0.25) is 11.3 Å². The highest BCUT2D eigenvalue weighted by atomic mass is 16.3. The molecule has 0 amide bonds. The van der Waals surface area contributed by atoms with Crippen LogP contribution >= 0.6 is 0 Å². The third-order valence-electron chi connectivity index (χ3n) is 0.867. The van der Waals surface area contributed by atoms with E-state index in [0.29, 0.717) is 6.54 Å². The highest BCUT2D eigenvalue weighted by Crippen LogP contribution is 1.91. The topological polar surface area (TPSA) is 84.3 Å². The van der Waals surface area contributed by atoms with Crippen molar-refractivity contribution in [3.63, 3.8) is 0 Å². The number of nitrogens with two attached hydrogens (primary N) is 2. The monoisotopic (exact) mass is 119 g/mol. The Morgan fingerprint density at radius 2 is 2.25 bits per heavy atom. The van der Waals surface area contributed by atoms with Crippen molar-refractivity contribution in [2.24, 2.45) is 11.6 Å². The van der Waals surface area contributed by atoms with Gasteiger partial charge in [0.15, 0.2) is 0 Å². The van der Waals surface area contributed by atoms with Gasteiger partial charge in [0.05, 0.1) is 12.1 Å². The Kier molecular flexibility index (Phi) is 2.93. The molecular formula is C4H13N3O. The molecule has 0 fully saturated rings. The van der Waals surface area contributed by atoms with Gasteiger partial charge in [-0.1, -0.05) is 0 Å². The van der Waals surface area contributed by atoms with Gasteiger partial charge < -0.3 is 10.8 Å². The molecule has 0 rings (SSSR count). The Morgan fingerprint density at radius 3 is 2.38 bits per heavy atom. The summed E-state index contributed by atoms with van der Waals surface area (Å²) in [5, 5.41) is 8.50. The maximum Gasteiger partial charge on any atom is 0.0621 e. The van der Waals surface area contributed by atoms with Gasteiger partial charge in [-0.2, -0.15) is 0 Å². The van der Waals surface area contributed by atoms with Gasteiger partial charge in [-0.05, 0) is 6.92 Å². The number of rotatable bonds is 3. The summed E-state index contributed by atoms with van der Waals surface area (Å²) < 4.78 is 0. The van der Waals surface area contributed by atoms with Crippen molar-refractivity contribution in [3.05, 3.63) is 0 Å². The van der Waals surface area contributed by atoms with E-state index in [-0.39, 0.29) is 6.61 Å². The number of nitrogens with one attached hydrogen (secondary N) is 1. The number of hydrogen-bond donors (Lipinski definition) is 4. The van der Waals surface area contributed by atoms with Crippen LogP contribution in [0.3, 0.4) is 0 Å². The van der Waals surface area contributed by atoms with Crippen molar-refractivity contribution in [3.8, 4) is 0 Å². The number of hydrazine groups is 1. The average molecular weight is 119 g/mol. The van der Waals surface area contributed by atoms with E-state index >= 15 is 0 Å². The highest BCUT2D eigenvalue weighted by molar-refractivity contribution is 4.78. The third-order valence-corrected chi connectivity index (χ3v) is 0.867.